The Labute approximate surface area is 61.9 Å². The van der Waals surface area contributed by atoms with E-state index >= 15 is 0 Å². The van der Waals surface area contributed by atoms with E-state index < -0.39 is 0 Å². The van der Waals surface area contributed by atoms with E-state index in [2.05, 4.69) is 19.9 Å². The van der Waals surface area contributed by atoms with E-state index in [1.54, 1.807) is 0 Å². The third kappa shape index (κ3) is 8.83. The van der Waals surface area contributed by atoms with Crippen molar-refractivity contribution in [1.82, 2.24) is 0 Å². The average Bonchev–Trinajstić information content (AvgIpc) is 1.38. The molecule has 0 bridgehead atoms. The Hall–Kier alpha value is 0.740. The van der Waals surface area contributed by atoms with E-state index in [-0.39, 0.29) is 29.6 Å². The minimum atomic E-state index is 0. The van der Waals surface area contributed by atoms with Crippen LogP contribution in [0.5, 0.6) is 0 Å². The predicted molar refractivity (Wildman–Crippen MR) is 32.3 cm³/mol. The second kappa shape index (κ2) is 5.74. The van der Waals surface area contributed by atoms with Gasteiger partial charge in [0.15, 0.2) is 0 Å². The molecule has 0 aromatic carbocycles. The van der Waals surface area contributed by atoms with Crippen LogP contribution < -0.4 is 0 Å². The van der Waals surface area contributed by atoms with Crippen LogP contribution in [0.25, 0.3) is 0 Å². The number of hydrogen-bond donors (Lipinski definition) is 0. The van der Waals surface area contributed by atoms with E-state index in [0.717, 1.165) is 0 Å². The number of hydrogen-bond acceptors (Lipinski definition) is 0. The van der Waals surface area contributed by atoms with Gasteiger partial charge in [-0.05, 0) is 20.8 Å². The van der Waals surface area contributed by atoms with Crippen LogP contribution in [0.1, 0.15) is 20.8 Å². The van der Waals surface area contributed by atoms with Gasteiger partial charge >= 0.3 is 29.6 Å². The summed E-state index contributed by atoms with van der Waals surface area (Å²) in [6, 6.07) is 0. The summed E-state index contributed by atoms with van der Waals surface area (Å²) >= 11 is 0. The molecule has 32 valence electrons. The van der Waals surface area contributed by atoms with Crippen LogP contribution in [0.15, 0.2) is 11.6 Å². The molecule has 0 unspecified atom stereocenters. The number of allylic oxidation sites excluding steroid dienone is 2. The third-order valence-corrected chi connectivity index (χ3v) is 0.577. The first kappa shape index (κ1) is 9.88. The fraction of sp³-hybridized carbons (Fsp3) is 0.600. The van der Waals surface area contributed by atoms with Gasteiger partial charge in [0.25, 0.3) is 0 Å². The summed E-state index contributed by atoms with van der Waals surface area (Å²) < 4.78 is 0. The normalized spacial score (nSPS) is 5.83. The molecule has 0 spiro atoms. The molecule has 0 aliphatic heterocycles. The van der Waals surface area contributed by atoms with Crippen molar-refractivity contribution in [2.75, 3.05) is 0 Å². The van der Waals surface area contributed by atoms with E-state index in [4.69, 9.17) is 0 Å². The topological polar surface area (TPSA) is 0 Å². The summed E-state index contributed by atoms with van der Waals surface area (Å²) in [7, 11) is 0. The van der Waals surface area contributed by atoms with Gasteiger partial charge in [0.1, 0.15) is 0 Å². The van der Waals surface area contributed by atoms with Gasteiger partial charge in [-0.3, -0.25) is 0 Å². The minimum absolute atomic E-state index is 0. The quantitative estimate of drug-likeness (QED) is 0.314. The molecule has 0 aromatic heterocycles. The van der Waals surface area contributed by atoms with Crippen molar-refractivity contribution >= 4 is 29.6 Å². The maximum atomic E-state index is 2.08. The number of rotatable bonds is 0. The van der Waals surface area contributed by atoms with Crippen LogP contribution in [0.2, 0.25) is 0 Å². The summed E-state index contributed by atoms with van der Waals surface area (Å²) in [5, 5.41) is 0. The molecule has 0 saturated heterocycles. The summed E-state index contributed by atoms with van der Waals surface area (Å²) in [4.78, 5) is 0. The molecule has 0 fully saturated rings. The molecule has 0 rings (SSSR count). The standard InChI is InChI=1S/C5H10.Na.H/c1-4-5(2)3;;/h4H,1-3H3;;. The predicted octanol–water partition coefficient (Wildman–Crippen LogP) is 1.32. The molecule has 0 aliphatic carbocycles. The molecule has 0 aliphatic rings. The van der Waals surface area contributed by atoms with E-state index in [1.165, 1.54) is 5.57 Å². The van der Waals surface area contributed by atoms with Gasteiger partial charge in [0, 0.05) is 0 Å². The van der Waals surface area contributed by atoms with Crippen LogP contribution in [0.3, 0.4) is 0 Å². The van der Waals surface area contributed by atoms with Crippen LogP contribution in [0.4, 0.5) is 0 Å². The Morgan fingerprint density at radius 3 is 1.50 bits per heavy atom. The third-order valence-electron chi connectivity index (χ3n) is 0.577. The van der Waals surface area contributed by atoms with Gasteiger partial charge in [-0.25, -0.2) is 0 Å². The molecule has 0 nitrogen and oxygen atoms in total. The van der Waals surface area contributed by atoms with Gasteiger partial charge in [0.2, 0.25) is 0 Å². The first-order valence-electron chi connectivity index (χ1n) is 1.87. The molecule has 0 saturated carbocycles. The monoisotopic (exact) mass is 94.1 g/mol. The van der Waals surface area contributed by atoms with Gasteiger partial charge in [-0.1, -0.05) is 11.6 Å². The molecule has 0 heterocycles. The van der Waals surface area contributed by atoms with Crippen molar-refractivity contribution in [2.24, 2.45) is 0 Å². The molecular formula is C5H11Na. The summed E-state index contributed by atoms with van der Waals surface area (Å²) in [5.74, 6) is 0. The molecule has 0 radical (unpaired) electrons. The van der Waals surface area contributed by atoms with Gasteiger partial charge in [0.05, 0.1) is 0 Å². The molecule has 0 aromatic rings. The van der Waals surface area contributed by atoms with Crippen molar-refractivity contribution in [2.45, 2.75) is 20.8 Å². The zero-order valence-corrected chi connectivity index (χ0v) is 4.08. The molecule has 0 N–H and O–H groups in total. The molecule has 0 amide bonds. The Kier molecular flexibility index (Phi) is 9.46. The summed E-state index contributed by atoms with van der Waals surface area (Å²) in [6.45, 7) is 6.20. The van der Waals surface area contributed by atoms with Crippen molar-refractivity contribution in [3.63, 3.8) is 0 Å². The van der Waals surface area contributed by atoms with Crippen LogP contribution >= 0.6 is 0 Å². The fourth-order valence-electron chi connectivity index (χ4n) is 0. The average molecular weight is 94.1 g/mol. The van der Waals surface area contributed by atoms with Crippen molar-refractivity contribution < 1.29 is 0 Å². The van der Waals surface area contributed by atoms with E-state index in [1.807, 2.05) is 6.92 Å². The van der Waals surface area contributed by atoms with Crippen LogP contribution in [0, 0.1) is 0 Å². The second-order valence-corrected chi connectivity index (χ2v) is 1.37. The fourth-order valence-corrected chi connectivity index (χ4v) is 0. The zero-order chi connectivity index (χ0) is 4.28. The SMILES string of the molecule is CC=C(C)C.[NaH]. The summed E-state index contributed by atoms with van der Waals surface area (Å²) in [6.07, 6.45) is 2.08. The second-order valence-electron chi connectivity index (χ2n) is 1.37. The van der Waals surface area contributed by atoms with E-state index in [0.29, 0.717) is 0 Å². The van der Waals surface area contributed by atoms with Gasteiger partial charge in [-0.15, -0.1) is 0 Å². The van der Waals surface area contributed by atoms with Crippen LogP contribution in [-0.2, 0) is 0 Å². The molecule has 6 heavy (non-hydrogen) atoms. The van der Waals surface area contributed by atoms with E-state index in [9.17, 15) is 0 Å². The zero-order valence-electron chi connectivity index (χ0n) is 4.08. The van der Waals surface area contributed by atoms with Crippen LogP contribution in [-0.4, -0.2) is 29.6 Å². The molecular weight excluding hydrogens is 83.0 g/mol. The van der Waals surface area contributed by atoms with Gasteiger partial charge in [-0.2, -0.15) is 0 Å². The Bertz CT molecular complexity index is 41.9. The summed E-state index contributed by atoms with van der Waals surface area (Å²) in [5.41, 5.74) is 1.38. The first-order chi connectivity index (χ1) is 2.27. The van der Waals surface area contributed by atoms with Crippen molar-refractivity contribution in [3.05, 3.63) is 11.6 Å². The maximum absolute atomic E-state index is 2.08. The Balaban J connectivity index is 0. The Morgan fingerprint density at radius 2 is 1.50 bits per heavy atom. The van der Waals surface area contributed by atoms with Gasteiger partial charge < -0.3 is 0 Å². The first-order valence-corrected chi connectivity index (χ1v) is 1.87. The molecule has 1 heteroatoms. The van der Waals surface area contributed by atoms with Crippen molar-refractivity contribution in [1.29, 1.82) is 0 Å². The van der Waals surface area contributed by atoms with Crippen molar-refractivity contribution in [3.8, 4) is 0 Å². The molecule has 0 atom stereocenters. The Morgan fingerprint density at radius 1 is 1.33 bits per heavy atom.